The average Bonchev–Trinajstić information content (AvgIpc) is 2.53. The van der Waals surface area contributed by atoms with E-state index in [9.17, 15) is 34.8 Å². The van der Waals surface area contributed by atoms with Crippen molar-refractivity contribution < 1.29 is 34.8 Å². The Kier molecular flexibility index (Phi) is 4.92. The highest BCUT2D eigenvalue weighted by Crippen LogP contribution is 2.37. The minimum absolute atomic E-state index is 0.112. The predicted octanol–water partition coefficient (Wildman–Crippen LogP) is 4.40. The van der Waals surface area contributed by atoms with Crippen LogP contribution >= 0.6 is 0 Å². The van der Waals surface area contributed by atoms with E-state index >= 15 is 0 Å². The molecule has 0 aliphatic carbocycles. The average molecular weight is 394 g/mol. The highest BCUT2D eigenvalue weighted by atomic mass is 32.2. The van der Waals surface area contributed by atoms with Crippen molar-refractivity contribution in [2.45, 2.75) is 17.2 Å². The van der Waals surface area contributed by atoms with Crippen molar-refractivity contribution in [3.05, 3.63) is 59.2 Å². The van der Waals surface area contributed by atoms with Crippen molar-refractivity contribution in [1.29, 1.82) is 5.26 Å². The maximum atomic E-state index is 12.8. The molecule has 0 unspecified atom stereocenters. The van der Waals surface area contributed by atoms with E-state index in [0.717, 1.165) is 12.1 Å². The number of hydrogen-bond donors (Lipinski definition) is 1. The molecule has 0 amide bonds. The van der Waals surface area contributed by atoms with Gasteiger partial charge in [-0.1, -0.05) is 0 Å². The lowest BCUT2D eigenvalue weighted by Crippen LogP contribution is -2.17. The monoisotopic (exact) mass is 394 g/mol. The SMILES string of the molecule is N#Cc1ccc(NS(=O)(=O)c2cc(C(F)(F)F)cc(C(F)(F)F)c2)cc1. The number of benzene rings is 2. The second-order valence-corrected chi connectivity index (χ2v) is 6.72. The minimum atomic E-state index is -5.17. The normalized spacial score (nSPS) is 12.5. The number of hydrogen-bond acceptors (Lipinski definition) is 3. The second kappa shape index (κ2) is 6.53. The fraction of sp³-hybridized carbons (Fsp3) is 0.133. The first-order chi connectivity index (χ1) is 11.8. The van der Waals surface area contributed by atoms with Gasteiger partial charge in [-0.05, 0) is 42.5 Å². The summed E-state index contributed by atoms with van der Waals surface area (Å²) < 4.78 is 103. The molecule has 0 atom stereocenters. The zero-order valence-electron chi connectivity index (χ0n) is 12.5. The molecule has 0 saturated heterocycles. The lowest BCUT2D eigenvalue weighted by molar-refractivity contribution is -0.143. The largest absolute Gasteiger partial charge is 0.416 e. The van der Waals surface area contributed by atoms with Crippen LogP contribution in [0.5, 0.6) is 0 Å². The van der Waals surface area contributed by atoms with Gasteiger partial charge in [-0.2, -0.15) is 31.6 Å². The van der Waals surface area contributed by atoms with E-state index in [1.165, 1.54) is 12.1 Å². The minimum Gasteiger partial charge on any atom is -0.280 e. The van der Waals surface area contributed by atoms with Crippen molar-refractivity contribution >= 4 is 15.7 Å². The molecule has 26 heavy (non-hydrogen) atoms. The maximum Gasteiger partial charge on any atom is 0.416 e. The first kappa shape index (κ1) is 19.6. The summed E-state index contributed by atoms with van der Waals surface area (Å²) in [7, 11) is -4.73. The van der Waals surface area contributed by atoms with Crippen LogP contribution in [-0.4, -0.2) is 8.42 Å². The van der Waals surface area contributed by atoms with Gasteiger partial charge in [0.15, 0.2) is 0 Å². The Bertz CT molecular complexity index is 925. The highest BCUT2D eigenvalue weighted by Gasteiger charge is 2.38. The van der Waals surface area contributed by atoms with Crippen molar-refractivity contribution in [2.24, 2.45) is 0 Å². The van der Waals surface area contributed by atoms with Gasteiger partial charge in [-0.3, -0.25) is 4.72 Å². The van der Waals surface area contributed by atoms with E-state index in [-0.39, 0.29) is 29.4 Å². The molecule has 0 spiro atoms. The third-order valence-electron chi connectivity index (χ3n) is 3.14. The number of halogens is 6. The second-order valence-electron chi connectivity index (χ2n) is 5.04. The van der Waals surface area contributed by atoms with E-state index in [4.69, 9.17) is 5.26 Å². The van der Waals surface area contributed by atoms with Crippen molar-refractivity contribution in [1.82, 2.24) is 0 Å². The van der Waals surface area contributed by atoms with Crippen LogP contribution in [0.1, 0.15) is 16.7 Å². The van der Waals surface area contributed by atoms with E-state index in [1.54, 1.807) is 6.07 Å². The maximum absolute atomic E-state index is 12.8. The Morgan fingerprint density at radius 3 is 1.69 bits per heavy atom. The summed E-state index contributed by atoms with van der Waals surface area (Å²) in [6.07, 6.45) is -10.3. The van der Waals surface area contributed by atoms with Gasteiger partial charge in [-0.15, -0.1) is 0 Å². The Balaban J connectivity index is 2.52. The molecule has 0 aromatic heterocycles. The highest BCUT2D eigenvalue weighted by molar-refractivity contribution is 7.92. The third-order valence-corrected chi connectivity index (χ3v) is 4.50. The Morgan fingerprint density at radius 1 is 0.846 bits per heavy atom. The summed E-state index contributed by atoms with van der Waals surface area (Å²) in [6.45, 7) is 0. The van der Waals surface area contributed by atoms with Crippen molar-refractivity contribution in [3.63, 3.8) is 0 Å². The third kappa shape index (κ3) is 4.45. The van der Waals surface area contributed by atoms with Crippen molar-refractivity contribution in [3.8, 4) is 6.07 Å². The molecule has 138 valence electrons. The molecular weight excluding hydrogens is 386 g/mol. The molecule has 1 N–H and O–H groups in total. The van der Waals surface area contributed by atoms with Crippen LogP contribution < -0.4 is 4.72 Å². The van der Waals surface area contributed by atoms with Crippen molar-refractivity contribution in [2.75, 3.05) is 4.72 Å². The van der Waals surface area contributed by atoms with Gasteiger partial charge in [-0.25, -0.2) is 8.42 Å². The zero-order valence-corrected chi connectivity index (χ0v) is 13.3. The first-order valence-corrected chi connectivity index (χ1v) is 8.14. The molecule has 0 saturated carbocycles. The van der Waals surface area contributed by atoms with Crippen LogP contribution in [-0.2, 0) is 22.4 Å². The lowest BCUT2D eigenvalue weighted by Gasteiger charge is -2.15. The molecule has 0 aliphatic rings. The summed E-state index contributed by atoms with van der Waals surface area (Å²) >= 11 is 0. The molecule has 0 aliphatic heterocycles. The van der Waals surface area contributed by atoms with Crippen LogP contribution in [0.2, 0.25) is 0 Å². The standard InChI is InChI=1S/C15H8F6N2O2S/c16-14(17,18)10-5-11(15(19,20)21)7-13(6-10)26(24,25)23-12-3-1-9(8-22)2-4-12/h1-7,23H. The van der Waals surface area contributed by atoms with E-state index in [1.807, 2.05) is 4.72 Å². The summed E-state index contributed by atoms with van der Waals surface area (Å²) in [5.74, 6) is 0. The van der Waals surface area contributed by atoms with Crippen LogP contribution in [0.15, 0.2) is 47.4 Å². The molecule has 2 rings (SSSR count). The van der Waals surface area contributed by atoms with Crippen LogP contribution in [0, 0.1) is 11.3 Å². The van der Waals surface area contributed by atoms with Gasteiger partial charge in [0, 0.05) is 5.69 Å². The Hall–Kier alpha value is -2.74. The van der Waals surface area contributed by atoms with Gasteiger partial charge < -0.3 is 0 Å². The Morgan fingerprint density at radius 2 is 1.31 bits per heavy atom. The summed E-state index contributed by atoms with van der Waals surface area (Å²) in [6, 6.07) is 6.58. The quantitative estimate of drug-likeness (QED) is 0.785. The first-order valence-electron chi connectivity index (χ1n) is 6.65. The molecule has 0 radical (unpaired) electrons. The van der Waals surface area contributed by atoms with Gasteiger partial charge in [0.2, 0.25) is 0 Å². The molecule has 2 aromatic carbocycles. The molecule has 0 bridgehead atoms. The predicted molar refractivity (Wildman–Crippen MR) is 78.4 cm³/mol. The zero-order chi connectivity index (χ0) is 19.8. The van der Waals surface area contributed by atoms with Crippen LogP contribution in [0.25, 0.3) is 0 Å². The van der Waals surface area contributed by atoms with E-state index in [0.29, 0.717) is 0 Å². The van der Waals surface area contributed by atoms with E-state index in [2.05, 4.69) is 0 Å². The smallest absolute Gasteiger partial charge is 0.280 e. The molecule has 0 heterocycles. The van der Waals surface area contributed by atoms with Crippen LogP contribution in [0.3, 0.4) is 0 Å². The van der Waals surface area contributed by atoms with Gasteiger partial charge in [0.25, 0.3) is 10.0 Å². The molecule has 4 nitrogen and oxygen atoms in total. The number of anilines is 1. The molecule has 11 heteroatoms. The van der Waals surface area contributed by atoms with Gasteiger partial charge in [0.05, 0.1) is 27.7 Å². The summed E-state index contributed by atoms with van der Waals surface area (Å²) in [5, 5.41) is 8.65. The topological polar surface area (TPSA) is 70.0 Å². The Labute approximate surface area is 143 Å². The number of rotatable bonds is 3. The fourth-order valence-corrected chi connectivity index (χ4v) is 3.04. The number of alkyl halides is 6. The molecule has 2 aromatic rings. The van der Waals surface area contributed by atoms with Gasteiger partial charge >= 0.3 is 12.4 Å². The van der Waals surface area contributed by atoms with Crippen LogP contribution in [0.4, 0.5) is 32.0 Å². The summed E-state index contributed by atoms with van der Waals surface area (Å²) in [5.41, 5.74) is -3.43. The number of nitrogens with one attached hydrogen (secondary N) is 1. The number of sulfonamides is 1. The molecule has 0 fully saturated rings. The van der Waals surface area contributed by atoms with Gasteiger partial charge in [0.1, 0.15) is 0 Å². The van der Waals surface area contributed by atoms with E-state index < -0.39 is 38.4 Å². The fourth-order valence-electron chi connectivity index (χ4n) is 1.91. The lowest BCUT2D eigenvalue weighted by atomic mass is 10.1. The molecular formula is C15H8F6N2O2S. The summed E-state index contributed by atoms with van der Waals surface area (Å²) in [4.78, 5) is -1.19. The number of nitrogens with zero attached hydrogens (tertiary/aromatic N) is 1. The number of nitriles is 1.